The Morgan fingerprint density at radius 3 is 0.762 bits per heavy atom. The summed E-state index contributed by atoms with van der Waals surface area (Å²) in [4.78, 5) is 38.5. The maximum absolute atomic E-state index is 13.0. The molecule has 6 nitrogen and oxygen atoms in total. The molecule has 0 saturated carbocycles. The molecule has 0 saturated heterocycles. The molecule has 0 fully saturated rings. The maximum Gasteiger partial charge on any atom is 0.306 e. The maximum atomic E-state index is 13.0. The largest absolute Gasteiger partial charge is 0.462 e. The first kappa shape index (κ1) is 77.1. The summed E-state index contributed by atoms with van der Waals surface area (Å²) in [6.45, 7) is 6.57. The van der Waals surface area contributed by atoms with Crippen molar-refractivity contribution in [3.05, 3.63) is 60.8 Å². The minimum Gasteiger partial charge on any atom is -0.462 e. The Balaban J connectivity index is 4.35. The van der Waals surface area contributed by atoms with Gasteiger partial charge in [0.15, 0.2) is 6.10 Å². The minimum atomic E-state index is -0.787. The van der Waals surface area contributed by atoms with Gasteiger partial charge >= 0.3 is 17.9 Å². The lowest BCUT2D eigenvalue weighted by atomic mass is 10.0. The van der Waals surface area contributed by atoms with Gasteiger partial charge in [0.25, 0.3) is 0 Å². The predicted molar refractivity (Wildman–Crippen MR) is 348 cm³/mol. The van der Waals surface area contributed by atoms with Crippen LogP contribution in [0, 0.1) is 0 Å². The van der Waals surface area contributed by atoms with Gasteiger partial charge in [0, 0.05) is 19.3 Å². The van der Waals surface area contributed by atoms with Crippen molar-refractivity contribution < 1.29 is 28.6 Å². The summed E-state index contributed by atoms with van der Waals surface area (Å²) in [7, 11) is 0. The van der Waals surface area contributed by atoms with Crippen LogP contribution in [-0.4, -0.2) is 37.2 Å². The fourth-order valence-electron chi connectivity index (χ4n) is 10.5. The molecule has 0 N–H and O–H groups in total. The van der Waals surface area contributed by atoms with Crippen molar-refractivity contribution in [2.75, 3.05) is 13.2 Å². The van der Waals surface area contributed by atoms with Gasteiger partial charge in [-0.3, -0.25) is 14.4 Å². The number of unbranched alkanes of at least 4 members (excludes halogenated alkanes) is 44. The van der Waals surface area contributed by atoms with Crippen LogP contribution in [0.2, 0.25) is 0 Å². The Hall–Kier alpha value is -2.89. The van der Waals surface area contributed by atoms with E-state index in [1.807, 2.05) is 0 Å². The number of esters is 3. The fourth-order valence-corrected chi connectivity index (χ4v) is 10.5. The van der Waals surface area contributed by atoms with Crippen molar-refractivity contribution in [2.45, 2.75) is 380 Å². The average Bonchev–Trinajstić information content (AvgIpc) is 3.46. The molecule has 0 spiro atoms. The number of carbonyl (C=O) groups excluding carboxylic acids is 3. The molecule has 0 aliphatic heterocycles. The standard InChI is InChI=1S/C74H134O6/c1-4-7-10-13-16-19-22-25-28-31-34-36-37-38-41-43-46-49-52-55-58-61-64-67-73(76)79-70-71(69-78-72(75)66-63-60-57-54-51-48-45-42-39-33-30-27-24-21-18-15-12-9-6-3)80-74(77)68-65-62-59-56-53-50-47-44-40-35-32-29-26-23-20-17-14-11-8-5-2/h9,12,18,21,27,30,39,42,48,51,71H,4-8,10-11,13-17,19-20,22-26,28-29,31-38,40-41,43-47,49-50,52-70H2,1-3H3/b12-9-,21-18-,30-27-,42-39-,51-48-. The molecule has 6 heteroatoms. The summed E-state index contributed by atoms with van der Waals surface area (Å²) in [6.07, 6.45) is 88.2. The molecule has 0 bridgehead atoms. The number of carbonyl (C=O) groups is 3. The van der Waals surface area contributed by atoms with Crippen LogP contribution in [0.25, 0.3) is 0 Å². The molecular formula is C74H134O6. The van der Waals surface area contributed by atoms with E-state index in [2.05, 4.69) is 81.5 Å². The molecule has 0 heterocycles. The first-order chi connectivity index (χ1) is 39.5. The van der Waals surface area contributed by atoms with Crippen LogP contribution in [0.1, 0.15) is 374 Å². The summed E-state index contributed by atoms with van der Waals surface area (Å²) >= 11 is 0. The van der Waals surface area contributed by atoms with E-state index in [1.54, 1.807) is 0 Å². The number of allylic oxidation sites excluding steroid dienone is 10. The lowest BCUT2D eigenvalue weighted by Gasteiger charge is -2.18. The molecule has 0 amide bonds. The van der Waals surface area contributed by atoms with Gasteiger partial charge in [-0.05, 0) is 64.2 Å². The number of ether oxygens (including phenoxy) is 3. The third-order valence-electron chi connectivity index (χ3n) is 15.8. The highest BCUT2D eigenvalue weighted by molar-refractivity contribution is 5.71. The van der Waals surface area contributed by atoms with Gasteiger partial charge in [-0.1, -0.05) is 351 Å². The molecule has 0 rings (SSSR count). The average molecular weight is 1120 g/mol. The second kappa shape index (κ2) is 68.6. The molecule has 1 unspecified atom stereocenters. The third-order valence-corrected chi connectivity index (χ3v) is 15.8. The summed E-state index contributed by atoms with van der Waals surface area (Å²) in [5.41, 5.74) is 0. The molecule has 0 aromatic carbocycles. The van der Waals surface area contributed by atoms with E-state index in [4.69, 9.17) is 14.2 Å². The minimum absolute atomic E-state index is 0.0797. The number of rotatable bonds is 65. The molecular weight excluding hydrogens is 985 g/mol. The molecule has 0 aliphatic carbocycles. The Morgan fingerprint density at radius 1 is 0.263 bits per heavy atom. The van der Waals surface area contributed by atoms with Crippen LogP contribution in [0.15, 0.2) is 60.8 Å². The molecule has 0 aliphatic rings. The molecule has 1 atom stereocenters. The van der Waals surface area contributed by atoms with Crippen molar-refractivity contribution in [1.82, 2.24) is 0 Å². The van der Waals surface area contributed by atoms with Crippen molar-refractivity contribution in [2.24, 2.45) is 0 Å². The highest BCUT2D eigenvalue weighted by Crippen LogP contribution is 2.19. The predicted octanol–water partition coefficient (Wildman–Crippen LogP) is 24.3. The molecule has 466 valence electrons. The van der Waals surface area contributed by atoms with Gasteiger partial charge in [-0.2, -0.15) is 0 Å². The van der Waals surface area contributed by atoms with Crippen molar-refractivity contribution in [3.63, 3.8) is 0 Å². The lowest BCUT2D eigenvalue weighted by molar-refractivity contribution is -0.167. The van der Waals surface area contributed by atoms with E-state index in [9.17, 15) is 14.4 Å². The topological polar surface area (TPSA) is 78.9 Å². The van der Waals surface area contributed by atoms with Crippen LogP contribution in [-0.2, 0) is 28.6 Å². The zero-order valence-electron chi connectivity index (χ0n) is 53.6. The van der Waals surface area contributed by atoms with E-state index in [0.29, 0.717) is 19.3 Å². The van der Waals surface area contributed by atoms with Crippen LogP contribution in [0.4, 0.5) is 0 Å². The van der Waals surface area contributed by atoms with Crippen molar-refractivity contribution >= 4 is 17.9 Å². The van der Waals surface area contributed by atoms with E-state index in [0.717, 1.165) is 96.3 Å². The molecule has 80 heavy (non-hydrogen) atoms. The SMILES string of the molecule is CC/C=C\C/C=C\C/C=C\C/C=C\C/C=C\CCCCCC(=O)OCC(COC(=O)CCCCCCCCCCCCCCCCCCCCCCCCC)OC(=O)CCCCCCCCCCCCCCCCCCCCCC. The Morgan fingerprint density at radius 2 is 0.487 bits per heavy atom. The summed E-state index contributed by atoms with van der Waals surface area (Å²) < 4.78 is 17.0. The fraction of sp³-hybridized carbons (Fsp3) is 0.824. The van der Waals surface area contributed by atoms with Crippen LogP contribution < -0.4 is 0 Å². The van der Waals surface area contributed by atoms with Gasteiger partial charge < -0.3 is 14.2 Å². The highest BCUT2D eigenvalue weighted by Gasteiger charge is 2.19. The second-order valence-corrected chi connectivity index (χ2v) is 23.8. The van der Waals surface area contributed by atoms with Crippen LogP contribution >= 0.6 is 0 Å². The zero-order chi connectivity index (χ0) is 57.8. The smallest absolute Gasteiger partial charge is 0.306 e. The van der Waals surface area contributed by atoms with Crippen LogP contribution in [0.3, 0.4) is 0 Å². The number of hydrogen-bond acceptors (Lipinski definition) is 6. The van der Waals surface area contributed by atoms with Crippen LogP contribution in [0.5, 0.6) is 0 Å². The molecule has 0 radical (unpaired) electrons. The zero-order valence-corrected chi connectivity index (χ0v) is 53.6. The lowest BCUT2D eigenvalue weighted by Crippen LogP contribution is -2.30. The Kier molecular flexibility index (Phi) is 66.1. The molecule has 0 aromatic heterocycles. The van der Waals surface area contributed by atoms with Gasteiger partial charge in [0.1, 0.15) is 13.2 Å². The Labute approximate surface area is 498 Å². The van der Waals surface area contributed by atoms with E-state index < -0.39 is 6.10 Å². The second-order valence-electron chi connectivity index (χ2n) is 23.8. The van der Waals surface area contributed by atoms with E-state index in [1.165, 1.54) is 238 Å². The monoisotopic (exact) mass is 1120 g/mol. The third kappa shape index (κ3) is 65.9. The van der Waals surface area contributed by atoms with E-state index >= 15 is 0 Å². The van der Waals surface area contributed by atoms with E-state index in [-0.39, 0.29) is 31.1 Å². The summed E-state index contributed by atoms with van der Waals surface area (Å²) in [5.74, 6) is -0.886. The van der Waals surface area contributed by atoms with Gasteiger partial charge in [-0.25, -0.2) is 0 Å². The summed E-state index contributed by atoms with van der Waals surface area (Å²) in [5, 5.41) is 0. The quantitative estimate of drug-likeness (QED) is 0.0261. The first-order valence-electron chi connectivity index (χ1n) is 35.3. The molecule has 0 aromatic rings. The van der Waals surface area contributed by atoms with Crippen molar-refractivity contribution in [1.29, 1.82) is 0 Å². The van der Waals surface area contributed by atoms with Gasteiger partial charge in [0.2, 0.25) is 0 Å². The highest BCUT2D eigenvalue weighted by atomic mass is 16.6. The van der Waals surface area contributed by atoms with Gasteiger partial charge in [0.05, 0.1) is 0 Å². The van der Waals surface area contributed by atoms with Gasteiger partial charge in [-0.15, -0.1) is 0 Å². The normalized spacial score (nSPS) is 12.4. The van der Waals surface area contributed by atoms with Crippen molar-refractivity contribution in [3.8, 4) is 0 Å². The first-order valence-corrected chi connectivity index (χ1v) is 35.3. The summed E-state index contributed by atoms with van der Waals surface area (Å²) in [6, 6.07) is 0. The number of hydrogen-bond donors (Lipinski definition) is 0. The Bertz CT molecular complexity index is 1430.